The molecule has 0 radical (unpaired) electrons. The summed E-state index contributed by atoms with van der Waals surface area (Å²) in [5, 5.41) is 12.9. The van der Waals surface area contributed by atoms with Gasteiger partial charge in [-0.15, -0.1) is 0 Å². The van der Waals surface area contributed by atoms with Crippen LogP contribution < -0.4 is 5.32 Å². The Hall–Kier alpha value is -1.55. The summed E-state index contributed by atoms with van der Waals surface area (Å²) < 4.78 is 0. The number of carbonyl (C=O) groups excluding carboxylic acids is 1. The zero-order chi connectivity index (χ0) is 14.8. The van der Waals surface area contributed by atoms with Crippen molar-refractivity contribution in [2.45, 2.75) is 44.8 Å². The molecule has 1 aromatic rings. The average molecular weight is 288 g/mol. The van der Waals surface area contributed by atoms with E-state index in [1.807, 2.05) is 0 Å². The maximum atomic E-state index is 12.4. The largest absolute Gasteiger partial charge is 0.391 e. The summed E-state index contributed by atoms with van der Waals surface area (Å²) in [7, 11) is 0. The molecule has 2 atom stereocenters. The van der Waals surface area contributed by atoms with E-state index in [4.69, 9.17) is 0 Å². The number of urea groups is 1. The van der Waals surface area contributed by atoms with E-state index in [1.165, 1.54) is 24.0 Å². The second-order valence-electron chi connectivity index (χ2n) is 6.42. The number of likely N-dealkylation sites (tertiary alicyclic amines) is 1. The van der Waals surface area contributed by atoms with Gasteiger partial charge in [0.2, 0.25) is 0 Å². The second-order valence-corrected chi connectivity index (χ2v) is 6.42. The van der Waals surface area contributed by atoms with Crippen LogP contribution in [0.25, 0.3) is 0 Å². The first-order valence-electron chi connectivity index (χ1n) is 7.93. The van der Waals surface area contributed by atoms with E-state index in [0.717, 1.165) is 19.4 Å². The molecule has 1 aliphatic heterocycles. The highest BCUT2D eigenvalue weighted by Gasteiger charge is 2.34. The van der Waals surface area contributed by atoms with Crippen molar-refractivity contribution in [2.24, 2.45) is 5.92 Å². The first-order chi connectivity index (χ1) is 10.1. The number of hydrogen-bond acceptors (Lipinski definition) is 2. The molecule has 1 aliphatic carbocycles. The number of β-amino-alcohol motifs (C(OH)–C–C–N with tert-alkyl or cyclic N) is 1. The lowest BCUT2D eigenvalue weighted by molar-refractivity contribution is 0.0830. The quantitative estimate of drug-likeness (QED) is 0.898. The third kappa shape index (κ3) is 3.56. The minimum absolute atomic E-state index is 0.0359. The van der Waals surface area contributed by atoms with Gasteiger partial charge in [-0.25, -0.2) is 4.79 Å². The minimum atomic E-state index is -0.372. The molecule has 2 aliphatic rings. The van der Waals surface area contributed by atoms with Crippen molar-refractivity contribution in [3.05, 3.63) is 35.4 Å². The second kappa shape index (κ2) is 6.06. The van der Waals surface area contributed by atoms with E-state index >= 15 is 0 Å². The Labute approximate surface area is 126 Å². The van der Waals surface area contributed by atoms with E-state index in [1.54, 1.807) is 4.90 Å². The molecular formula is C17H24N2O2. The number of hydrogen-bond donors (Lipinski definition) is 2. The number of amides is 2. The van der Waals surface area contributed by atoms with Crippen molar-refractivity contribution in [3.8, 4) is 0 Å². The first kappa shape index (κ1) is 14.4. The lowest BCUT2D eigenvalue weighted by Crippen LogP contribution is -2.48. The van der Waals surface area contributed by atoms with Crippen molar-refractivity contribution in [1.29, 1.82) is 0 Å². The average Bonchev–Trinajstić information content (AvgIpc) is 3.30. The van der Waals surface area contributed by atoms with E-state index < -0.39 is 0 Å². The molecule has 2 N–H and O–H groups in total. The summed E-state index contributed by atoms with van der Waals surface area (Å²) in [5.41, 5.74) is 2.42. The van der Waals surface area contributed by atoms with Crippen LogP contribution in [0.3, 0.4) is 0 Å². The fourth-order valence-corrected chi connectivity index (χ4v) is 3.04. The summed E-state index contributed by atoms with van der Waals surface area (Å²) in [6, 6.07) is 8.50. The molecule has 4 nitrogen and oxygen atoms in total. The number of nitrogens with zero attached hydrogens (tertiary/aromatic N) is 1. The van der Waals surface area contributed by atoms with Crippen LogP contribution in [0.2, 0.25) is 0 Å². The molecule has 3 rings (SSSR count). The number of aliphatic hydroxyl groups excluding tert-OH is 1. The standard InChI is InChI=1S/C17H24N2O2/c1-12-4-6-13(7-5-12)16(14-8-9-14)18-17(21)19-10-2-3-15(20)11-19/h4-7,14-16,20H,2-3,8-11H2,1H3,(H,18,21). The number of piperidine rings is 1. The Bertz CT molecular complexity index is 496. The minimum Gasteiger partial charge on any atom is -0.391 e. The van der Waals surface area contributed by atoms with E-state index in [0.29, 0.717) is 12.5 Å². The van der Waals surface area contributed by atoms with Gasteiger partial charge >= 0.3 is 6.03 Å². The predicted octanol–water partition coefficient (Wildman–Crippen LogP) is 2.61. The number of rotatable bonds is 3. The van der Waals surface area contributed by atoms with Gasteiger partial charge in [0.05, 0.1) is 12.1 Å². The van der Waals surface area contributed by atoms with Gasteiger partial charge in [-0.3, -0.25) is 0 Å². The maximum Gasteiger partial charge on any atom is 0.317 e. The van der Waals surface area contributed by atoms with Gasteiger partial charge in [0.15, 0.2) is 0 Å². The Kier molecular flexibility index (Phi) is 4.15. The van der Waals surface area contributed by atoms with Crippen molar-refractivity contribution >= 4 is 6.03 Å². The third-order valence-electron chi connectivity index (χ3n) is 4.49. The highest BCUT2D eigenvalue weighted by Crippen LogP contribution is 2.41. The van der Waals surface area contributed by atoms with Crippen LogP contribution in [0.4, 0.5) is 4.79 Å². The highest BCUT2D eigenvalue weighted by atomic mass is 16.3. The van der Waals surface area contributed by atoms with Crippen LogP contribution in [0, 0.1) is 12.8 Å². The van der Waals surface area contributed by atoms with E-state index in [-0.39, 0.29) is 18.2 Å². The van der Waals surface area contributed by atoms with Crippen LogP contribution in [0.1, 0.15) is 42.9 Å². The Balaban J connectivity index is 1.67. The van der Waals surface area contributed by atoms with E-state index in [2.05, 4.69) is 36.5 Å². The summed E-state index contributed by atoms with van der Waals surface area (Å²) in [4.78, 5) is 14.2. The van der Waals surface area contributed by atoms with Gasteiger partial charge < -0.3 is 15.3 Å². The Morgan fingerprint density at radius 1 is 1.29 bits per heavy atom. The lowest BCUT2D eigenvalue weighted by Gasteiger charge is -2.32. The summed E-state index contributed by atoms with van der Waals surface area (Å²) >= 11 is 0. The monoisotopic (exact) mass is 288 g/mol. The molecule has 1 saturated carbocycles. The maximum absolute atomic E-state index is 12.4. The van der Waals surface area contributed by atoms with Gasteiger partial charge in [-0.1, -0.05) is 29.8 Å². The van der Waals surface area contributed by atoms with Crippen LogP contribution in [-0.2, 0) is 0 Å². The van der Waals surface area contributed by atoms with Gasteiger partial charge in [-0.05, 0) is 44.1 Å². The number of aryl methyl sites for hydroxylation is 1. The number of aliphatic hydroxyl groups is 1. The molecule has 4 heteroatoms. The normalized spacial score (nSPS) is 23.7. The topological polar surface area (TPSA) is 52.6 Å². The van der Waals surface area contributed by atoms with Crippen LogP contribution in [0.5, 0.6) is 0 Å². The summed E-state index contributed by atoms with van der Waals surface area (Å²) in [6.45, 7) is 3.27. The van der Waals surface area contributed by atoms with Crippen molar-refractivity contribution in [3.63, 3.8) is 0 Å². The molecular weight excluding hydrogens is 264 g/mol. The number of benzene rings is 1. The Morgan fingerprint density at radius 3 is 2.62 bits per heavy atom. The smallest absolute Gasteiger partial charge is 0.317 e. The molecule has 1 heterocycles. The van der Waals surface area contributed by atoms with E-state index in [9.17, 15) is 9.90 Å². The molecule has 114 valence electrons. The van der Waals surface area contributed by atoms with Crippen LogP contribution in [-0.4, -0.2) is 35.2 Å². The molecule has 21 heavy (non-hydrogen) atoms. The molecule has 2 amide bonds. The van der Waals surface area contributed by atoms with Crippen LogP contribution >= 0.6 is 0 Å². The van der Waals surface area contributed by atoms with Crippen molar-refractivity contribution in [1.82, 2.24) is 10.2 Å². The fourth-order valence-electron chi connectivity index (χ4n) is 3.04. The third-order valence-corrected chi connectivity index (χ3v) is 4.49. The molecule has 0 bridgehead atoms. The lowest BCUT2D eigenvalue weighted by atomic mass is 10.0. The fraction of sp³-hybridized carbons (Fsp3) is 0.588. The Morgan fingerprint density at radius 2 is 2.00 bits per heavy atom. The first-order valence-corrected chi connectivity index (χ1v) is 7.93. The highest BCUT2D eigenvalue weighted by molar-refractivity contribution is 5.75. The van der Waals surface area contributed by atoms with Gasteiger partial charge in [0.1, 0.15) is 0 Å². The molecule has 0 aromatic heterocycles. The SMILES string of the molecule is Cc1ccc(C(NC(=O)N2CCCC(O)C2)C2CC2)cc1. The molecule has 2 unspecified atom stereocenters. The number of nitrogens with one attached hydrogen (secondary N) is 1. The van der Waals surface area contributed by atoms with Crippen molar-refractivity contribution in [2.75, 3.05) is 13.1 Å². The summed E-state index contributed by atoms with van der Waals surface area (Å²) in [6.07, 6.45) is 3.67. The molecule has 1 saturated heterocycles. The van der Waals surface area contributed by atoms with Crippen molar-refractivity contribution < 1.29 is 9.90 Å². The zero-order valence-electron chi connectivity index (χ0n) is 12.6. The molecule has 0 spiro atoms. The van der Waals surface area contributed by atoms with Gasteiger partial charge in [0.25, 0.3) is 0 Å². The summed E-state index contributed by atoms with van der Waals surface area (Å²) in [5.74, 6) is 0.561. The predicted molar refractivity (Wildman–Crippen MR) is 82.0 cm³/mol. The molecule has 1 aromatic carbocycles. The molecule has 2 fully saturated rings. The number of carbonyl (C=O) groups is 1. The zero-order valence-corrected chi connectivity index (χ0v) is 12.6. The van der Waals surface area contributed by atoms with Gasteiger partial charge in [0, 0.05) is 13.1 Å². The van der Waals surface area contributed by atoms with Gasteiger partial charge in [-0.2, -0.15) is 0 Å². The van der Waals surface area contributed by atoms with Crippen LogP contribution in [0.15, 0.2) is 24.3 Å².